The minimum Gasteiger partial charge on any atom is -0.506 e. The number of nitrogen functional groups attached to an aromatic ring is 1. The van der Waals surface area contributed by atoms with Crippen molar-refractivity contribution >= 4 is 17.3 Å². The van der Waals surface area contributed by atoms with Gasteiger partial charge >= 0.3 is 0 Å². The molecule has 1 aromatic carbocycles. The van der Waals surface area contributed by atoms with Crippen LogP contribution >= 0.6 is 0 Å². The van der Waals surface area contributed by atoms with Crippen LogP contribution in [0.2, 0.25) is 0 Å². The Labute approximate surface area is 69.0 Å². The van der Waals surface area contributed by atoms with E-state index in [4.69, 9.17) is 5.73 Å². The van der Waals surface area contributed by atoms with Crippen LogP contribution in [-0.4, -0.2) is 11.0 Å². The highest BCUT2D eigenvalue weighted by atomic mass is 16.3. The van der Waals surface area contributed by atoms with E-state index in [-0.39, 0.29) is 17.3 Å². The van der Waals surface area contributed by atoms with E-state index in [0.29, 0.717) is 12.1 Å². The quantitative estimate of drug-likeness (QED) is 0.296. The highest BCUT2D eigenvalue weighted by Gasteiger charge is 2.18. The molecule has 0 atom stereocenters. The molecule has 0 aromatic heterocycles. The molecule has 1 aliphatic rings. The summed E-state index contributed by atoms with van der Waals surface area (Å²) in [6.07, 6.45) is 0.323. The van der Waals surface area contributed by atoms with Crippen LogP contribution in [0, 0.1) is 0 Å². The monoisotopic (exact) mass is 164 g/mol. The summed E-state index contributed by atoms with van der Waals surface area (Å²) in [6.45, 7) is 0. The molecule has 62 valence electrons. The molecule has 4 nitrogen and oxygen atoms in total. The molecule has 0 unspecified atom stereocenters. The standard InChI is InChI=1S/C8H8N2O2/c9-5-3-6-4(1-7(5)11)2-8(12)10-6/h1,3,11H,2,9H2,(H,10,12). The summed E-state index contributed by atoms with van der Waals surface area (Å²) in [4.78, 5) is 10.9. The van der Waals surface area contributed by atoms with Gasteiger partial charge in [0.15, 0.2) is 0 Å². The zero-order valence-electron chi connectivity index (χ0n) is 6.29. The molecule has 0 aliphatic carbocycles. The van der Waals surface area contributed by atoms with Gasteiger partial charge in [0.25, 0.3) is 0 Å². The number of nitrogens with two attached hydrogens (primary N) is 1. The third-order valence-corrected chi connectivity index (χ3v) is 1.88. The molecule has 1 amide bonds. The number of anilines is 2. The molecule has 4 N–H and O–H groups in total. The number of phenolic OH excluding ortho intramolecular Hbond substituents is 1. The van der Waals surface area contributed by atoms with Crippen molar-refractivity contribution in [1.29, 1.82) is 0 Å². The molecule has 2 rings (SSSR count). The van der Waals surface area contributed by atoms with Crippen molar-refractivity contribution in [2.75, 3.05) is 11.1 Å². The molecule has 0 spiro atoms. The van der Waals surface area contributed by atoms with Crippen LogP contribution in [-0.2, 0) is 11.2 Å². The van der Waals surface area contributed by atoms with Crippen LogP contribution in [0.15, 0.2) is 12.1 Å². The van der Waals surface area contributed by atoms with E-state index in [1.807, 2.05) is 0 Å². The molecular weight excluding hydrogens is 156 g/mol. The van der Waals surface area contributed by atoms with Crippen LogP contribution in [0.25, 0.3) is 0 Å². The highest BCUT2D eigenvalue weighted by molar-refractivity contribution is 6.00. The smallest absolute Gasteiger partial charge is 0.228 e. The second-order valence-corrected chi connectivity index (χ2v) is 2.79. The van der Waals surface area contributed by atoms with Gasteiger partial charge in [-0.2, -0.15) is 0 Å². The number of hydrogen-bond acceptors (Lipinski definition) is 3. The number of amides is 1. The van der Waals surface area contributed by atoms with Crippen molar-refractivity contribution in [2.24, 2.45) is 0 Å². The number of benzene rings is 1. The summed E-state index contributed by atoms with van der Waals surface area (Å²) in [5.41, 5.74) is 7.23. The second-order valence-electron chi connectivity index (χ2n) is 2.79. The molecule has 4 heteroatoms. The molecular formula is C8H8N2O2. The van der Waals surface area contributed by atoms with Gasteiger partial charge in [-0.05, 0) is 17.7 Å². The van der Waals surface area contributed by atoms with Gasteiger partial charge in [-0.25, -0.2) is 0 Å². The van der Waals surface area contributed by atoms with Crippen molar-refractivity contribution < 1.29 is 9.90 Å². The van der Waals surface area contributed by atoms with Gasteiger partial charge in [0.2, 0.25) is 5.91 Å². The Hall–Kier alpha value is -1.71. The van der Waals surface area contributed by atoms with E-state index >= 15 is 0 Å². The van der Waals surface area contributed by atoms with Gasteiger partial charge < -0.3 is 16.2 Å². The third kappa shape index (κ3) is 0.887. The summed E-state index contributed by atoms with van der Waals surface area (Å²) < 4.78 is 0. The summed E-state index contributed by atoms with van der Waals surface area (Å²) in [7, 11) is 0. The van der Waals surface area contributed by atoms with Gasteiger partial charge in [0.1, 0.15) is 5.75 Å². The lowest BCUT2D eigenvalue weighted by atomic mass is 10.1. The van der Waals surface area contributed by atoms with E-state index in [0.717, 1.165) is 5.56 Å². The lowest BCUT2D eigenvalue weighted by molar-refractivity contribution is -0.115. The fraction of sp³-hybridized carbons (Fsp3) is 0.125. The average molecular weight is 164 g/mol. The van der Waals surface area contributed by atoms with Crippen molar-refractivity contribution in [3.8, 4) is 5.75 Å². The van der Waals surface area contributed by atoms with Crippen molar-refractivity contribution in [3.63, 3.8) is 0 Å². The van der Waals surface area contributed by atoms with Gasteiger partial charge in [0, 0.05) is 5.69 Å². The summed E-state index contributed by atoms with van der Waals surface area (Å²) in [5.74, 6) is -0.0275. The Balaban J connectivity index is 2.55. The average Bonchev–Trinajstić information content (AvgIpc) is 2.30. The maximum atomic E-state index is 10.9. The number of fused-ring (bicyclic) bond motifs is 1. The summed E-state index contributed by atoms with van der Waals surface area (Å²) in [6, 6.07) is 3.08. The van der Waals surface area contributed by atoms with E-state index in [1.165, 1.54) is 6.07 Å². The number of carbonyl (C=O) groups excluding carboxylic acids is 1. The maximum Gasteiger partial charge on any atom is 0.228 e. The highest BCUT2D eigenvalue weighted by Crippen LogP contribution is 2.31. The van der Waals surface area contributed by atoms with Gasteiger partial charge in [0.05, 0.1) is 12.1 Å². The Kier molecular flexibility index (Phi) is 1.24. The van der Waals surface area contributed by atoms with Gasteiger partial charge in [-0.1, -0.05) is 0 Å². The lowest BCUT2D eigenvalue weighted by Gasteiger charge is -2.01. The minimum absolute atomic E-state index is 0.0326. The normalized spacial score (nSPS) is 14.2. The van der Waals surface area contributed by atoms with Crippen LogP contribution in [0.1, 0.15) is 5.56 Å². The third-order valence-electron chi connectivity index (χ3n) is 1.88. The van der Waals surface area contributed by atoms with E-state index in [9.17, 15) is 9.90 Å². The largest absolute Gasteiger partial charge is 0.506 e. The Morgan fingerprint density at radius 1 is 1.50 bits per heavy atom. The number of carbonyl (C=O) groups is 1. The summed E-state index contributed by atoms with van der Waals surface area (Å²) in [5, 5.41) is 11.8. The zero-order valence-corrected chi connectivity index (χ0v) is 6.29. The number of nitrogens with one attached hydrogen (secondary N) is 1. The predicted molar refractivity (Wildman–Crippen MR) is 44.9 cm³/mol. The molecule has 0 bridgehead atoms. The molecule has 12 heavy (non-hydrogen) atoms. The van der Waals surface area contributed by atoms with Crippen molar-refractivity contribution in [3.05, 3.63) is 17.7 Å². The lowest BCUT2D eigenvalue weighted by Crippen LogP contribution is -2.03. The van der Waals surface area contributed by atoms with Crippen LogP contribution in [0.5, 0.6) is 5.75 Å². The first-order valence-corrected chi connectivity index (χ1v) is 3.58. The van der Waals surface area contributed by atoms with Crippen molar-refractivity contribution in [2.45, 2.75) is 6.42 Å². The summed E-state index contributed by atoms with van der Waals surface area (Å²) >= 11 is 0. The van der Waals surface area contributed by atoms with Crippen molar-refractivity contribution in [1.82, 2.24) is 0 Å². The molecule has 1 heterocycles. The molecule has 0 saturated carbocycles. The fourth-order valence-electron chi connectivity index (χ4n) is 1.28. The van der Waals surface area contributed by atoms with Crippen LogP contribution in [0.4, 0.5) is 11.4 Å². The number of rotatable bonds is 0. The topological polar surface area (TPSA) is 75.3 Å². The SMILES string of the molecule is Nc1cc2c(cc1O)CC(=O)N2. The Morgan fingerprint density at radius 3 is 3.00 bits per heavy atom. The first-order chi connectivity index (χ1) is 5.66. The Morgan fingerprint density at radius 2 is 2.25 bits per heavy atom. The number of hydrogen-bond donors (Lipinski definition) is 3. The van der Waals surface area contributed by atoms with E-state index < -0.39 is 0 Å². The van der Waals surface area contributed by atoms with Gasteiger partial charge in [-0.3, -0.25) is 4.79 Å². The number of phenols is 1. The molecule has 0 saturated heterocycles. The van der Waals surface area contributed by atoms with E-state index in [2.05, 4.69) is 5.32 Å². The minimum atomic E-state index is -0.0602. The Bertz CT molecular complexity index is 327. The number of aromatic hydroxyl groups is 1. The molecule has 1 aromatic rings. The predicted octanol–water partition coefficient (Wildman–Crippen LogP) is 0.469. The first-order valence-electron chi connectivity index (χ1n) is 3.58. The first kappa shape index (κ1) is 6.97. The molecule has 1 aliphatic heterocycles. The van der Waals surface area contributed by atoms with Crippen LogP contribution < -0.4 is 11.1 Å². The molecule has 0 fully saturated rings. The second kappa shape index (κ2) is 2.14. The molecule has 0 radical (unpaired) electrons. The maximum absolute atomic E-state index is 10.9. The zero-order chi connectivity index (χ0) is 8.72. The van der Waals surface area contributed by atoms with Gasteiger partial charge in [-0.15, -0.1) is 0 Å². The van der Waals surface area contributed by atoms with E-state index in [1.54, 1.807) is 6.07 Å². The van der Waals surface area contributed by atoms with Crippen LogP contribution in [0.3, 0.4) is 0 Å². The fourth-order valence-corrected chi connectivity index (χ4v) is 1.28.